The Kier molecular flexibility index (Phi) is 7.78. The van der Waals surface area contributed by atoms with Crippen LogP contribution in [0.3, 0.4) is 0 Å². The number of hydrogen-bond donors (Lipinski definition) is 1. The molecule has 0 aliphatic heterocycles. The van der Waals surface area contributed by atoms with Gasteiger partial charge in [-0.25, -0.2) is 0 Å². The number of aliphatic hydroxyl groups is 1. The molecule has 5 atom stereocenters. The Hall–Kier alpha value is -1.53. The summed E-state index contributed by atoms with van der Waals surface area (Å²) in [5.74, 6) is 8.05. The van der Waals surface area contributed by atoms with Crippen LogP contribution in [-0.4, -0.2) is 24.3 Å². The van der Waals surface area contributed by atoms with Crippen LogP contribution in [0.2, 0.25) is 0 Å². The molecule has 138 valence electrons. The monoisotopic (exact) mass is 344 g/mol. The fourth-order valence-corrected chi connectivity index (χ4v) is 4.21. The van der Waals surface area contributed by atoms with Crippen LogP contribution >= 0.6 is 0 Å². The van der Waals surface area contributed by atoms with Crippen molar-refractivity contribution in [3.05, 3.63) is 23.8 Å². The summed E-state index contributed by atoms with van der Waals surface area (Å²) in [5.41, 5.74) is 1.50. The van der Waals surface area contributed by atoms with Gasteiger partial charge in [0.15, 0.2) is 0 Å². The lowest BCUT2D eigenvalue weighted by molar-refractivity contribution is -0.140. The quantitative estimate of drug-likeness (QED) is 0.426. The molecule has 3 heteroatoms. The van der Waals surface area contributed by atoms with E-state index >= 15 is 0 Å². The Morgan fingerprint density at radius 3 is 2.92 bits per heavy atom. The van der Waals surface area contributed by atoms with E-state index < -0.39 is 6.10 Å². The molecule has 2 rings (SSSR count). The minimum atomic E-state index is -0.406. The molecule has 0 amide bonds. The third kappa shape index (κ3) is 5.75. The summed E-state index contributed by atoms with van der Waals surface area (Å²) in [7, 11) is 1.44. The van der Waals surface area contributed by atoms with Crippen LogP contribution < -0.4 is 0 Å². The molecule has 2 aliphatic rings. The SMILES string of the molecule is CC#CCC(C)[C@H](O)/C=C/[C@H]1CC[C@@H]2C/C(=C/CCC(=O)OC)C[C@@H]21. The first-order chi connectivity index (χ1) is 12.0. The first kappa shape index (κ1) is 19.8. The molecule has 2 aliphatic carbocycles. The summed E-state index contributed by atoms with van der Waals surface area (Å²) in [6, 6.07) is 0. The number of aliphatic hydroxyl groups excluding tert-OH is 1. The predicted octanol–water partition coefficient (Wildman–Crippen LogP) is 4.27. The Morgan fingerprint density at radius 2 is 2.20 bits per heavy atom. The van der Waals surface area contributed by atoms with Crippen LogP contribution in [-0.2, 0) is 9.53 Å². The van der Waals surface area contributed by atoms with Gasteiger partial charge in [-0.3, -0.25) is 4.79 Å². The smallest absolute Gasteiger partial charge is 0.305 e. The zero-order valence-corrected chi connectivity index (χ0v) is 15.8. The van der Waals surface area contributed by atoms with Gasteiger partial charge < -0.3 is 9.84 Å². The van der Waals surface area contributed by atoms with E-state index in [2.05, 4.69) is 30.9 Å². The predicted molar refractivity (Wildman–Crippen MR) is 101 cm³/mol. The van der Waals surface area contributed by atoms with Crippen molar-refractivity contribution in [1.82, 2.24) is 0 Å². The zero-order valence-electron chi connectivity index (χ0n) is 15.8. The molecule has 0 aromatic heterocycles. The summed E-state index contributed by atoms with van der Waals surface area (Å²) < 4.78 is 4.70. The van der Waals surface area contributed by atoms with Crippen LogP contribution in [0.1, 0.15) is 58.8 Å². The van der Waals surface area contributed by atoms with Crippen molar-refractivity contribution in [2.45, 2.75) is 64.9 Å². The minimum Gasteiger partial charge on any atom is -0.469 e. The third-order valence-corrected chi connectivity index (χ3v) is 5.80. The number of allylic oxidation sites excluding steroid dienone is 3. The van der Waals surface area contributed by atoms with Crippen LogP contribution in [0.4, 0.5) is 0 Å². The van der Waals surface area contributed by atoms with Crippen LogP contribution in [0.5, 0.6) is 0 Å². The average Bonchev–Trinajstić information content (AvgIpc) is 3.17. The van der Waals surface area contributed by atoms with Gasteiger partial charge in [0.1, 0.15) is 0 Å². The number of esters is 1. The average molecular weight is 344 g/mol. The molecule has 0 radical (unpaired) electrons. The van der Waals surface area contributed by atoms with Gasteiger partial charge in [-0.2, -0.15) is 0 Å². The molecule has 1 unspecified atom stereocenters. The van der Waals surface area contributed by atoms with E-state index in [1.807, 2.05) is 13.0 Å². The number of rotatable bonds is 7. The maximum Gasteiger partial charge on any atom is 0.305 e. The van der Waals surface area contributed by atoms with Gasteiger partial charge in [-0.1, -0.05) is 30.7 Å². The largest absolute Gasteiger partial charge is 0.469 e. The van der Waals surface area contributed by atoms with Crippen molar-refractivity contribution in [1.29, 1.82) is 0 Å². The number of methoxy groups -OCH3 is 1. The number of ether oxygens (including phenoxy) is 1. The summed E-state index contributed by atoms with van der Waals surface area (Å²) in [5, 5.41) is 10.3. The first-order valence-electron chi connectivity index (χ1n) is 9.55. The molecule has 0 aromatic rings. The Balaban J connectivity index is 1.84. The maximum atomic E-state index is 11.2. The van der Waals surface area contributed by atoms with Gasteiger partial charge in [0, 0.05) is 12.8 Å². The summed E-state index contributed by atoms with van der Waals surface area (Å²) in [6.07, 6.45) is 12.9. The van der Waals surface area contributed by atoms with E-state index in [1.54, 1.807) is 0 Å². The van der Waals surface area contributed by atoms with Crippen molar-refractivity contribution in [3.8, 4) is 11.8 Å². The molecular formula is C22H32O3. The second-order valence-electron chi connectivity index (χ2n) is 7.53. The van der Waals surface area contributed by atoms with E-state index in [4.69, 9.17) is 4.74 Å². The number of fused-ring (bicyclic) bond motifs is 1. The standard InChI is InChI=1S/C22H32O3/c1-4-5-7-16(2)21(23)13-12-18-10-11-19-14-17(15-20(18)19)8-6-9-22(24)25-3/h8,12-13,16,18-21,23H,6-7,9-11,14-15H2,1-3H3/b13-12+,17-8-/t16?,18-,19-,20-,21-/m1/s1. The molecule has 2 saturated carbocycles. The van der Waals surface area contributed by atoms with Gasteiger partial charge in [0.25, 0.3) is 0 Å². The fraction of sp³-hybridized carbons (Fsp3) is 0.682. The third-order valence-electron chi connectivity index (χ3n) is 5.80. The molecule has 25 heavy (non-hydrogen) atoms. The zero-order chi connectivity index (χ0) is 18.2. The van der Waals surface area contributed by atoms with Crippen LogP contribution in [0, 0.1) is 35.5 Å². The topological polar surface area (TPSA) is 46.5 Å². The van der Waals surface area contributed by atoms with Gasteiger partial charge >= 0.3 is 5.97 Å². The Bertz CT molecular complexity index is 564. The molecule has 0 spiro atoms. The normalized spacial score (nSPS) is 29.3. The van der Waals surface area contributed by atoms with E-state index in [1.165, 1.54) is 31.9 Å². The number of carbonyl (C=O) groups is 1. The number of carbonyl (C=O) groups excluding carboxylic acids is 1. The maximum absolute atomic E-state index is 11.2. The molecule has 1 N–H and O–H groups in total. The summed E-state index contributed by atoms with van der Waals surface area (Å²) >= 11 is 0. The van der Waals surface area contributed by atoms with E-state index in [0.29, 0.717) is 18.3 Å². The lowest BCUT2D eigenvalue weighted by Crippen LogP contribution is -2.15. The highest BCUT2D eigenvalue weighted by atomic mass is 16.5. The molecule has 0 heterocycles. The molecule has 3 nitrogen and oxygen atoms in total. The molecule has 0 bridgehead atoms. The van der Waals surface area contributed by atoms with Crippen molar-refractivity contribution in [3.63, 3.8) is 0 Å². The van der Waals surface area contributed by atoms with Gasteiger partial charge in [-0.15, -0.1) is 11.8 Å². The van der Waals surface area contributed by atoms with Gasteiger partial charge in [0.2, 0.25) is 0 Å². The molecule has 0 saturated heterocycles. The second kappa shape index (κ2) is 9.82. The molecular weight excluding hydrogens is 312 g/mol. The lowest BCUT2D eigenvalue weighted by Gasteiger charge is -2.17. The van der Waals surface area contributed by atoms with Crippen molar-refractivity contribution in [2.24, 2.45) is 23.7 Å². The van der Waals surface area contributed by atoms with Gasteiger partial charge in [-0.05, 0) is 62.7 Å². The van der Waals surface area contributed by atoms with Crippen molar-refractivity contribution < 1.29 is 14.6 Å². The fourth-order valence-electron chi connectivity index (χ4n) is 4.21. The number of hydrogen-bond acceptors (Lipinski definition) is 3. The highest BCUT2D eigenvalue weighted by Crippen LogP contribution is 2.50. The Labute approximate surface area is 152 Å². The van der Waals surface area contributed by atoms with E-state index in [9.17, 15) is 9.90 Å². The summed E-state index contributed by atoms with van der Waals surface area (Å²) in [6.45, 7) is 3.89. The van der Waals surface area contributed by atoms with Crippen molar-refractivity contribution in [2.75, 3.05) is 7.11 Å². The van der Waals surface area contributed by atoms with Crippen LogP contribution in [0.15, 0.2) is 23.8 Å². The van der Waals surface area contributed by atoms with Crippen molar-refractivity contribution >= 4 is 5.97 Å². The van der Waals surface area contributed by atoms with Gasteiger partial charge in [0.05, 0.1) is 13.2 Å². The molecule has 2 fully saturated rings. The Morgan fingerprint density at radius 1 is 1.40 bits per heavy atom. The highest BCUT2D eigenvalue weighted by Gasteiger charge is 2.39. The minimum absolute atomic E-state index is 0.133. The first-order valence-corrected chi connectivity index (χ1v) is 9.55. The van der Waals surface area contributed by atoms with Crippen LogP contribution in [0.25, 0.3) is 0 Å². The lowest BCUT2D eigenvalue weighted by atomic mass is 9.90. The second-order valence-corrected chi connectivity index (χ2v) is 7.53. The van der Waals surface area contributed by atoms with E-state index in [-0.39, 0.29) is 11.9 Å². The van der Waals surface area contributed by atoms with E-state index in [0.717, 1.165) is 25.2 Å². The molecule has 0 aromatic carbocycles. The summed E-state index contributed by atoms with van der Waals surface area (Å²) in [4.78, 5) is 11.2. The highest BCUT2D eigenvalue weighted by molar-refractivity contribution is 5.69.